The van der Waals surface area contributed by atoms with Crippen molar-refractivity contribution in [2.45, 2.75) is 13.8 Å². The number of nitrogens with zero attached hydrogens (tertiary/aromatic N) is 2. The molecule has 0 aliphatic heterocycles. The van der Waals surface area contributed by atoms with Crippen LogP contribution in [-0.4, -0.2) is 27.7 Å². The first-order chi connectivity index (χ1) is 8.97. The fraction of sp³-hybridized carbons (Fsp3) is 0.286. The Balaban J connectivity index is 2.67. The average molecular weight is 260 g/mol. The Morgan fingerprint density at radius 3 is 2.58 bits per heavy atom. The van der Waals surface area contributed by atoms with Crippen LogP contribution in [-0.2, 0) is 7.05 Å². The van der Waals surface area contributed by atoms with E-state index >= 15 is 0 Å². The molecule has 1 aromatic heterocycles. The van der Waals surface area contributed by atoms with E-state index in [1.807, 2.05) is 26.0 Å². The molecular weight excluding hydrogens is 244 g/mol. The van der Waals surface area contributed by atoms with Gasteiger partial charge in [-0.25, -0.2) is 9.78 Å². The van der Waals surface area contributed by atoms with Gasteiger partial charge in [0.05, 0.1) is 13.4 Å². The van der Waals surface area contributed by atoms with Crippen molar-refractivity contribution >= 4 is 5.97 Å². The van der Waals surface area contributed by atoms with Gasteiger partial charge >= 0.3 is 5.97 Å². The summed E-state index contributed by atoms with van der Waals surface area (Å²) in [6, 6.07) is 3.67. The van der Waals surface area contributed by atoms with Crippen LogP contribution >= 0.6 is 0 Å². The van der Waals surface area contributed by atoms with E-state index in [9.17, 15) is 9.90 Å². The number of methoxy groups -OCH3 is 1. The molecule has 0 saturated carbocycles. The minimum absolute atomic E-state index is 0.188. The van der Waals surface area contributed by atoms with Crippen molar-refractivity contribution in [1.82, 2.24) is 9.55 Å². The fourth-order valence-electron chi connectivity index (χ4n) is 2.15. The van der Waals surface area contributed by atoms with E-state index in [2.05, 4.69) is 4.98 Å². The monoisotopic (exact) mass is 260 g/mol. The third kappa shape index (κ3) is 2.07. The van der Waals surface area contributed by atoms with E-state index in [1.165, 1.54) is 10.9 Å². The van der Waals surface area contributed by atoms with Crippen LogP contribution in [0.15, 0.2) is 18.5 Å². The summed E-state index contributed by atoms with van der Waals surface area (Å²) in [5.41, 5.74) is 3.45. The van der Waals surface area contributed by atoms with Gasteiger partial charge in [0, 0.05) is 12.6 Å². The lowest BCUT2D eigenvalue weighted by Gasteiger charge is -2.12. The second-order valence-corrected chi connectivity index (χ2v) is 4.42. The molecule has 0 spiro atoms. The van der Waals surface area contributed by atoms with Crippen molar-refractivity contribution in [3.8, 4) is 17.0 Å². The van der Waals surface area contributed by atoms with Gasteiger partial charge in [0.25, 0.3) is 0 Å². The van der Waals surface area contributed by atoms with Crippen molar-refractivity contribution in [3.63, 3.8) is 0 Å². The molecule has 0 unspecified atom stereocenters. The number of ether oxygens (including phenoxy) is 1. The van der Waals surface area contributed by atoms with Crippen molar-refractivity contribution in [2.24, 2.45) is 7.05 Å². The first-order valence-electron chi connectivity index (χ1n) is 5.86. The topological polar surface area (TPSA) is 64.4 Å². The van der Waals surface area contributed by atoms with Gasteiger partial charge in [-0.15, -0.1) is 0 Å². The van der Waals surface area contributed by atoms with Gasteiger partial charge in [-0.1, -0.05) is 0 Å². The first kappa shape index (κ1) is 13.1. The lowest BCUT2D eigenvalue weighted by atomic mass is 9.99. The molecular formula is C14H16N2O3. The van der Waals surface area contributed by atoms with Crippen LogP contribution in [0.25, 0.3) is 11.3 Å². The Hall–Kier alpha value is -2.30. The molecule has 5 nitrogen and oxygen atoms in total. The van der Waals surface area contributed by atoms with Gasteiger partial charge in [-0.05, 0) is 37.1 Å². The average Bonchev–Trinajstić information content (AvgIpc) is 2.74. The van der Waals surface area contributed by atoms with Gasteiger partial charge in [-0.2, -0.15) is 0 Å². The summed E-state index contributed by atoms with van der Waals surface area (Å²) in [5, 5.41) is 9.27. The summed E-state index contributed by atoms with van der Waals surface area (Å²) in [6.45, 7) is 3.88. The molecule has 1 heterocycles. The quantitative estimate of drug-likeness (QED) is 0.920. The molecule has 19 heavy (non-hydrogen) atoms. The molecule has 100 valence electrons. The highest BCUT2D eigenvalue weighted by Gasteiger charge is 2.20. The summed E-state index contributed by atoms with van der Waals surface area (Å²) in [7, 11) is 3.29. The second kappa shape index (κ2) is 4.76. The lowest BCUT2D eigenvalue weighted by Crippen LogP contribution is -2.06. The van der Waals surface area contributed by atoms with E-state index in [0.29, 0.717) is 5.69 Å². The summed E-state index contributed by atoms with van der Waals surface area (Å²) in [4.78, 5) is 15.5. The van der Waals surface area contributed by atoms with Crippen LogP contribution in [0.3, 0.4) is 0 Å². The number of rotatable bonds is 3. The minimum Gasteiger partial charge on any atom is -0.496 e. The highest BCUT2D eigenvalue weighted by molar-refractivity contribution is 5.93. The number of aromatic carboxylic acids is 1. The molecule has 1 N–H and O–H groups in total. The van der Waals surface area contributed by atoms with Crippen LogP contribution in [0.4, 0.5) is 0 Å². The number of hydrogen-bond donors (Lipinski definition) is 1. The van der Waals surface area contributed by atoms with Crippen molar-refractivity contribution in [2.75, 3.05) is 7.11 Å². The smallest absolute Gasteiger partial charge is 0.354 e. The predicted molar refractivity (Wildman–Crippen MR) is 71.6 cm³/mol. The van der Waals surface area contributed by atoms with Gasteiger partial charge in [0.2, 0.25) is 0 Å². The molecule has 0 aliphatic rings. The van der Waals surface area contributed by atoms with E-state index in [1.54, 1.807) is 14.2 Å². The number of carboxylic acid groups (broad SMARTS) is 1. The lowest BCUT2D eigenvalue weighted by molar-refractivity contribution is 0.0687. The Kier molecular flexibility index (Phi) is 3.29. The number of benzene rings is 1. The van der Waals surface area contributed by atoms with Crippen LogP contribution in [0, 0.1) is 13.8 Å². The molecule has 2 rings (SSSR count). The number of hydrogen-bond acceptors (Lipinski definition) is 3. The van der Waals surface area contributed by atoms with E-state index in [-0.39, 0.29) is 5.69 Å². The SMILES string of the molecule is COc1ccc(-c2ncn(C)c2C(=O)O)c(C)c1C. The Morgan fingerprint density at radius 2 is 2.00 bits per heavy atom. The molecule has 0 radical (unpaired) electrons. The minimum atomic E-state index is -0.983. The Bertz CT molecular complexity index is 644. The van der Waals surface area contributed by atoms with Gasteiger partial charge in [0.15, 0.2) is 5.69 Å². The summed E-state index contributed by atoms with van der Waals surface area (Å²) >= 11 is 0. The molecule has 0 fully saturated rings. The Morgan fingerprint density at radius 1 is 1.32 bits per heavy atom. The van der Waals surface area contributed by atoms with Crippen LogP contribution in [0.1, 0.15) is 21.6 Å². The van der Waals surface area contributed by atoms with Crippen molar-refractivity contribution in [1.29, 1.82) is 0 Å². The molecule has 0 bridgehead atoms. The molecule has 0 atom stereocenters. The summed E-state index contributed by atoms with van der Waals surface area (Å²) in [6.07, 6.45) is 1.51. The molecule has 1 aromatic carbocycles. The maximum Gasteiger partial charge on any atom is 0.354 e. The number of imidazole rings is 1. The summed E-state index contributed by atoms with van der Waals surface area (Å²) in [5.74, 6) is -0.197. The van der Waals surface area contributed by atoms with Crippen LogP contribution < -0.4 is 4.74 Å². The van der Waals surface area contributed by atoms with Gasteiger partial charge in [-0.3, -0.25) is 0 Å². The molecule has 2 aromatic rings. The normalized spacial score (nSPS) is 10.5. The molecule has 0 saturated heterocycles. The van der Waals surface area contributed by atoms with E-state index in [4.69, 9.17) is 4.74 Å². The standard InChI is InChI=1S/C14H16N2O3/c1-8-9(2)11(19-4)6-5-10(8)12-13(14(17)18)16(3)7-15-12/h5-7H,1-4H3,(H,17,18). The number of aryl methyl sites for hydroxylation is 1. The zero-order valence-electron chi connectivity index (χ0n) is 11.4. The molecule has 5 heteroatoms. The van der Waals surface area contributed by atoms with E-state index in [0.717, 1.165) is 22.4 Å². The molecule has 0 amide bonds. The number of carbonyl (C=O) groups is 1. The highest BCUT2D eigenvalue weighted by atomic mass is 16.5. The number of aromatic nitrogens is 2. The Labute approximate surface area is 111 Å². The zero-order chi connectivity index (χ0) is 14.2. The summed E-state index contributed by atoms with van der Waals surface area (Å²) < 4.78 is 6.77. The van der Waals surface area contributed by atoms with Crippen molar-refractivity contribution in [3.05, 3.63) is 35.3 Å². The van der Waals surface area contributed by atoms with Gasteiger partial charge in [0.1, 0.15) is 11.4 Å². The van der Waals surface area contributed by atoms with E-state index < -0.39 is 5.97 Å². The molecule has 0 aliphatic carbocycles. The first-order valence-corrected chi connectivity index (χ1v) is 5.86. The third-order valence-corrected chi connectivity index (χ3v) is 3.35. The van der Waals surface area contributed by atoms with Gasteiger partial charge < -0.3 is 14.4 Å². The zero-order valence-corrected chi connectivity index (χ0v) is 11.4. The predicted octanol–water partition coefficient (Wildman–Crippen LogP) is 2.41. The van der Waals surface area contributed by atoms with Crippen LogP contribution in [0.2, 0.25) is 0 Å². The maximum atomic E-state index is 11.3. The maximum absolute atomic E-state index is 11.3. The largest absolute Gasteiger partial charge is 0.496 e. The van der Waals surface area contributed by atoms with Crippen LogP contribution in [0.5, 0.6) is 5.75 Å². The second-order valence-electron chi connectivity index (χ2n) is 4.42. The number of carboxylic acids is 1. The highest BCUT2D eigenvalue weighted by Crippen LogP contribution is 2.31. The van der Waals surface area contributed by atoms with Crippen molar-refractivity contribution < 1.29 is 14.6 Å². The third-order valence-electron chi connectivity index (χ3n) is 3.35. The fourth-order valence-corrected chi connectivity index (χ4v) is 2.15.